The first-order valence-electron chi connectivity index (χ1n) is 7.80. The number of rotatable bonds is 5. The lowest BCUT2D eigenvalue weighted by Gasteiger charge is -2.18. The summed E-state index contributed by atoms with van der Waals surface area (Å²) < 4.78 is 15.8. The van der Waals surface area contributed by atoms with Gasteiger partial charge in [0.2, 0.25) is 0 Å². The summed E-state index contributed by atoms with van der Waals surface area (Å²) in [5.74, 6) is 0.331. The number of nitrogens with one attached hydrogen (secondary N) is 1. The largest absolute Gasteiger partial charge is 0.486 e. The number of anilines is 1. The fourth-order valence-electron chi connectivity index (χ4n) is 2.23. The lowest BCUT2D eigenvalue weighted by molar-refractivity contribution is -0.142. The minimum absolute atomic E-state index is 0.348. The van der Waals surface area contributed by atoms with Gasteiger partial charge in [-0.1, -0.05) is 24.3 Å². The summed E-state index contributed by atoms with van der Waals surface area (Å²) in [5, 5.41) is 2.63. The maximum atomic E-state index is 11.7. The minimum atomic E-state index is -0.599. The number of esters is 1. The molecule has 1 amide bonds. The van der Waals surface area contributed by atoms with Crippen molar-refractivity contribution in [2.24, 2.45) is 0 Å². The van der Waals surface area contributed by atoms with Crippen LogP contribution in [-0.2, 0) is 14.3 Å². The average molecular weight is 339 g/mol. The number of ether oxygens (including phenoxy) is 3. The van der Waals surface area contributed by atoms with E-state index in [0.717, 1.165) is 5.56 Å². The second-order valence-corrected chi connectivity index (χ2v) is 5.26. The number of hydrogen-bond donors (Lipinski definition) is 1. The summed E-state index contributed by atoms with van der Waals surface area (Å²) in [6.07, 6.45) is 2.86. The molecule has 3 rings (SSSR count). The van der Waals surface area contributed by atoms with E-state index in [1.54, 1.807) is 48.5 Å². The molecule has 1 aliphatic heterocycles. The van der Waals surface area contributed by atoms with Gasteiger partial charge in [0.05, 0.1) is 0 Å². The van der Waals surface area contributed by atoms with Gasteiger partial charge in [0, 0.05) is 11.8 Å². The smallest absolute Gasteiger partial charge is 0.331 e. The van der Waals surface area contributed by atoms with Gasteiger partial charge in [0.25, 0.3) is 5.91 Å². The molecule has 0 saturated heterocycles. The predicted octanol–water partition coefficient (Wildman–Crippen LogP) is 2.65. The number of carbonyl (C=O) groups excluding carboxylic acids is 2. The number of benzene rings is 2. The van der Waals surface area contributed by atoms with Gasteiger partial charge in [-0.2, -0.15) is 0 Å². The molecular formula is C19H17NO5. The first-order valence-corrected chi connectivity index (χ1v) is 7.80. The van der Waals surface area contributed by atoms with Gasteiger partial charge in [-0.3, -0.25) is 4.79 Å². The summed E-state index contributed by atoms with van der Waals surface area (Å²) in [6.45, 7) is 0.678. The van der Waals surface area contributed by atoms with E-state index in [4.69, 9.17) is 14.2 Å². The Morgan fingerprint density at radius 2 is 1.80 bits per heavy atom. The number of amides is 1. The van der Waals surface area contributed by atoms with Gasteiger partial charge in [0.1, 0.15) is 13.2 Å². The first-order chi connectivity index (χ1) is 12.2. The molecule has 0 fully saturated rings. The van der Waals surface area contributed by atoms with Gasteiger partial charge in [0.15, 0.2) is 18.1 Å². The van der Waals surface area contributed by atoms with Crippen molar-refractivity contribution in [2.45, 2.75) is 0 Å². The van der Waals surface area contributed by atoms with Crippen LogP contribution in [0.25, 0.3) is 6.08 Å². The van der Waals surface area contributed by atoms with Crippen LogP contribution in [0.15, 0.2) is 54.6 Å². The summed E-state index contributed by atoms with van der Waals surface area (Å²) in [4.78, 5) is 23.4. The molecule has 0 unspecified atom stereocenters. The van der Waals surface area contributed by atoms with Gasteiger partial charge in [-0.15, -0.1) is 0 Å². The average Bonchev–Trinajstić information content (AvgIpc) is 2.65. The molecule has 0 aromatic heterocycles. The van der Waals surface area contributed by atoms with Crippen LogP contribution in [-0.4, -0.2) is 31.7 Å². The van der Waals surface area contributed by atoms with Crippen molar-refractivity contribution in [3.05, 3.63) is 60.2 Å². The van der Waals surface area contributed by atoms with Gasteiger partial charge in [-0.05, 0) is 35.9 Å². The molecule has 0 atom stereocenters. The Bertz CT molecular complexity index is 786. The van der Waals surface area contributed by atoms with Crippen LogP contribution in [0, 0.1) is 0 Å². The zero-order chi connectivity index (χ0) is 17.5. The third kappa shape index (κ3) is 4.84. The fourth-order valence-corrected chi connectivity index (χ4v) is 2.23. The van der Waals surface area contributed by atoms with Gasteiger partial charge < -0.3 is 19.5 Å². The molecule has 1 heterocycles. The quantitative estimate of drug-likeness (QED) is 0.670. The lowest BCUT2D eigenvalue weighted by atomic mass is 10.2. The minimum Gasteiger partial charge on any atom is -0.486 e. The normalized spacial score (nSPS) is 12.6. The Morgan fingerprint density at radius 1 is 1.04 bits per heavy atom. The summed E-state index contributed by atoms with van der Waals surface area (Å²) in [7, 11) is 0. The van der Waals surface area contributed by atoms with E-state index < -0.39 is 11.9 Å². The molecule has 128 valence electrons. The van der Waals surface area contributed by atoms with Crippen molar-refractivity contribution in [3.63, 3.8) is 0 Å². The molecule has 2 aromatic carbocycles. The number of fused-ring (bicyclic) bond motifs is 1. The van der Waals surface area contributed by atoms with Crippen LogP contribution >= 0.6 is 0 Å². The molecule has 0 aliphatic carbocycles. The second-order valence-electron chi connectivity index (χ2n) is 5.26. The Labute approximate surface area is 145 Å². The van der Waals surface area contributed by atoms with Gasteiger partial charge >= 0.3 is 5.97 Å². The first kappa shape index (κ1) is 16.6. The molecule has 2 aromatic rings. The highest BCUT2D eigenvalue weighted by Crippen LogP contribution is 2.31. The van der Waals surface area contributed by atoms with E-state index in [0.29, 0.717) is 30.4 Å². The maximum Gasteiger partial charge on any atom is 0.331 e. The predicted molar refractivity (Wildman–Crippen MR) is 92.5 cm³/mol. The van der Waals surface area contributed by atoms with Crippen LogP contribution in [0.5, 0.6) is 11.5 Å². The van der Waals surface area contributed by atoms with Crippen LogP contribution in [0.1, 0.15) is 5.56 Å². The molecule has 0 spiro atoms. The molecule has 0 radical (unpaired) electrons. The monoisotopic (exact) mass is 339 g/mol. The topological polar surface area (TPSA) is 73.9 Å². The highest BCUT2D eigenvalue weighted by Gasteiger charge is 2.11. The second kappa shape index (κ2) is 8.01. The Morgan fingerprint density at radius 3 is 2.60 bits per heavy atom. The Hall–Kier alpha value is -3.28. The molecule has 0 saturated carbocycles. The van der Waals surface area contributed by atoms with E-state index >= 15 is 0 Å². The van der Waals surface area contributed by atoms with E-state index in [9.17, 15) is 9.59 Å². The molecule has 1 N–H and O–H groups in total. The fraction of sp³-hybridized carbons (Fsp3) is 0.158. The third-order valence-electron chi connectivity index (χ3n) is 3.38. The van der Waals surface area contributed by atoms with Crippen LogP contribution in [0.4, 0.5) is 5.69 Å². The number of hydrogen-bond acceptors (Lipinski definition) is 5. The van der Waals surface area contributed by atoms with Gasteiger partial charge in [-0.25, -0.2) is 4.79 Å². The molecule has 1 aliphatic rings. The molecule has 6 heteroatoms. The van der Waals surface area contributed by atoms with E-state index in [1.807, 2.05) is 6.07 Å². The Balaban J connectivity index is 1.49. The lowest BCUT2D eigenvalue weighted by Crippen LogP contribution is -2.20. The highest BCUT2D eigenvalue weighted by molar-refractivity contribution is 5.94. The van der Waals surface area contributed by atoms with E-state index in [-0.39, 0.29) is 6.61 Å². The maximum absolute atomic E-state index is 11.7. The Kier molecular flexibility index (Phi) is 5.31. The van der Waals surface area contributed by atoms with Crippen LogP contribution < -0.4 is 14.8 Å². The highest BCUT2D eigenvalue weighted by atomic mass is 16.6. The van der Waals surface area contributed by atoms with Crippen LogP contribution in [0.2, 0.25) is 0 Å². The third-order valence-corrected chi connectivity index (χ3v) is 3.38. The zero-order valence-corrected chi connectivity index (χ0v) is 13.4. The summed E-state index contributed by atoms with van der Waals surface area (Å²) >= 11 is 0. The van der Waals surface area contributed by atoms with E-state index in [2.05, 4.69) is 5.32 Å². The van der Waals surface area contributed by atoms with Crippen molar-refractivity contribution in [1.29, 1.82) is 0 Å². The zero-order valence-electron chi connectivity index (χ0n) is 13.4. The van der Waals surface area contributed by atoms with E-state index in [1.165, 1.54) is 6.08 Å². The van der Waals surface area contributed by atoms with Crippen molar-refractivity contribution < 1.29 is 23.8 Å². The number of para-hydroxylation sites is 1. The summed E-state index contributed by atoms with van der Waals surface area (Å²) in [6, 6.07) is 14.3. The standard InChI is InChI=1S/C19H17NO5/c21-18(20-15-4-2-1-3-5-15)13-25-19(22)9-7-14-6-8-16-17(12-14)24-11-10-23-16/h1-9,12H,10-11,13H2,(H,20,21)/b9-7+. The SMILES string of the molecule is O=C(COC(=O)/C=C/c1ccc2c(c1)OCCO2)Nc1ccccc1. The van der Waals surface area contributed by atoms with Crippen molar-refractivity contribution in [2.75, 3.05) is 25.1 Å². The van der Waals surface area contributed by atoms with Crippen molar-refractivity contribution >= 4 is 23.6 Å². The van der Waals surface area contributed by atoms with Crippen LogP contribution in [0.3, 0.4) is 0 Å². The molecule has 25 heavy (non-hydrogen) atoms. The van der Waals surface area contributed by atoms with Crippen molar-refractivity contribution in [3.8, 4) is 11.5 Å². The summed E-state index contributed by atoms with van der Waals surface area (Å²) in [5.41, 5.74) is 1.42. The number of carbonyl (C=O) groups is 2. The molecule has 0 bridgehead atoms. The molecule has 6 nitrogen and oxygen atoms in total. The van der Waals surface area contributed by atoms with Crippen molar-refractivity contribution in [1.82, 2.24) is 0 Å². The molecular weight excluding hydrogens is 322 g/mol.